The smallest absolute Gasteiger partial charge is 0.303 e. The Kier molecular flexibility index (Phi) is 8.05. The number of ether oxygens (including phenoxy) is 1. The number of methoxy groups -OCH3 is 1. The highest BCUT2D eigenvalue weighted by Crippen LogP contribution is 2.32. The maximum atomic E-state index is 14.7. The number of carbonyl (C=O) groups excluding carboxylic acids is 1. The fraction of sp³-hybridized carbons (Fsp3) is 0.214. The maximum absolute atomic E-state index is 14.7. The minimum atomic E-state index is -0.957. The fourth-order valence-electron chi connectivity index (χ4n) is 3.97. The van der Waals surface area contributed by atoms with Crippen molar-refractivity contribution in [3.8, 4) is 34.0 Å². The number of halogens is 1. The van der Waals surface area contributed by atoms with E-state index in [4.69, 9.17) is 14.4 Å². The molecule has 9 heteroatoms. The van der Waals surface area contributed by atoms with Crippen LogP contribution < -0.4 is 5.32 Å². The lowest BCUT2D eigenvalue weighted by Crippen LogP contribution is -2.25. The molecule has 4 aromatic rings. The summed E-state index contributed by atoms with van der Waals surface area (Å²) < 4.78 is 25.5. The first-order chi connectivity index (χ1) is 17.9. The molecule has 3 aromatic carbocycles. The first-order valence-electron chi connectivity index (χ1n) is 11.7. The number of amides is 1. The fourth-order valence-corrected chi connectivity index (χ4v) is 3.97. The van der Waals surface area contributed by atoms with Gasteiger partial charge in [0.15, 0.2) is 0 Å². The predicted molar refractivity (Wildman–Crippen MR) is 135 cm³/mol. The van der Waals surface area contributed by atoms with E-state index in [0.717, 1.165) is 22.3 Å². The van der Waals surface area contributed by atoms with E-state index in [1.165, 1.54) is 18.2 Å². The van der Waals surface area contributed by atoms with Crippen molar-refractivity contribution in [2.45, 2.75) is 26.4 Å². The molecule has 8 nitrogen and oxygen atoms in total. The quantitative estimate of drug-likeness (QED) is 0.284. The van der Waals surface area contributed by atoms with Gasteiger partial charge in [-0.15, -0.1) is 0 Å². The minimum Gasteiger partial charge on any atom is -0.481 e. The molecular formula is C28H26FN3O5. The van der Waals surface area contributed by atoms with Crippen LogP contribution in [-0.4, -0.2) is 40.8 Å². The van der Waals surface area contributed by atoms with Crippen molar-refractivity contribution >= 4 is 11.9 Å². The van der Waals surface area contributed by atoms with Gasteiger partial charge in [-0.25, -0.2) is 4.39 Å². The van der Waals surface area contributed by atoms with Crippen LogP contribution in [0.3, 0.4) is 0 Å². The first-order valence-corrected chi connectivity index (χ1v) is 11.7. The van der Waals surface area contributed by atoms with Gasteiger partial charge < -0.3 is 19.7 Å². The second-order valence-electron chi connectivity index (χ2n) is 8.49. The molecule has 0 atom stereocenters. The number of rotatable bonds is 10. The molecule has 0 radical (unpaired) electrons. The van der Waals surface area contributed by atoms with Crippen LogP contribution >= 0.6 is 0 Å². The molecule has 0 unspecified atom stereocenters. The molecule has 0 bridgehead atoms. The van der Waals surface area contributed by atoms with Gasteiger partial charge in [0, 0.05) is 31.2 Å². The Morgan fingerprint density at radius 1 is 1.05 bits per heavy atom. The van der Waals surface area contributed by atoms with Gasteiger partial charge >= 0.3 is 5.97 Å². The molecule has 190 valence electrons. The van der Waals surface area contributed by atoms with Gasteiger partial charge in [0.2, 0.25) is 5.82 Å². The molecular weight excluding hydrogens is 477 g/mol. The standard InChI is InChI=1S/C28H26FN3O5/c1-17-6-3-4-7-21(17)22-11-10-19(14-20(22)16-36-2)28-31-26(32-37-28)18-9-12-23(24(29)15-18)27(35)30-13-5-8-25(33)34/h3-4,6-7,9-12,14-15H,5,8,13,16H2,1-2H3,(H,30,35)(H,33,34). The number of carbonyl (C=O) groups is 2. The van der Waals surface area contributed by atoms with Crippen LogP contribution in [0.25, 0.3) is 34.0 Å². The number of benzene rings is 3. The molecule has 0 saturated carbocycles. The van der Waals surface area contributed by atoms with Gasteiger partial charge in [-0.2, -0.15) is 4.98 Å². The van der Waals surface area contributed by atoms with Crippen LogP contribution in [0.15, 0.2) is 65.2 Å². The van der Waals surface area contributed by atoms with E-state index in [0.29, 0.717) is 17.7 Å². The van der Waals surface area contributed by atoms with Crippen LogP contribution in [-0.2, 0) is 16.1 Å². The van der Waals surface area contributed by atoms with E-state index >= 15 is 0 Å². The third kappa shape index (κ3) is 6.07. The van der Waals surface area contributed by atoms with E-state index in [-0.39, 0.29) is 36.7 Å². The SMILES string of the molecule is COCc1cc(-c2nc(-c3ccc(C(=O)NCCCC(=O)O)c(F)c3)no2)ccc1-c1ccccc1C. The molecule has 0 aliphatic rings. The summed E-state index contributed by atoms with van der Waals surface area (Å²) in [7, 11) is 1.63. The molecule has 0 aliphatic heterocycles. The van der Waals surface area contributed by atoms with Gasteiger partial charge in [0.25, 0.3) is 11.8 Å². The van der Waals surface area contributed by atoms with E-state index in [2.05, 4.69) is 34.5 Å². The predicted octanol–water partition coefficient (Wildman–Crippen LogP) is 5.26. The van der Waals surface area contributed by atoms with Gasteiger partial charge in [0.05, 0.1) is 12.2 Å². The van der Waals surface area contributed by atoms with Crippen molar-refractivity contribution in [2.75, 3.05) is 13.7 Å². The molecule has 0 saturated heterocycles. The zero-order chi connectivity index (χ0) is 26.4. The summed E-state index contributed by atoms with van der Waals surface area (Å²) in [5, 5.41) is 15.2. The monoisotopic (exact) mass is 503 g/mol. The van der Waals surface area contributed by atoms with E-state index in [9.17, 15) is 14.0 Å². The summed E-state index contributed by atoms with van der Waals surface area (Å²) in [4.78, 5) is 27.2. The number of hydrogen-bond acceptors (Lipinski definition) is 6. The Labute approximate surface area is 213 Å². The van der Waals surface area contributed by atoms with E-state index in [1.807, 2.05) is 30.3 Å². The molecule has 2 N–H and O–H groups in total. The second kappa shape index (κ2) is 11.6. The number of aromatic nitrogens is 2. The Hall–Kier alpha value is -4.37. The van der Waals surface area contributed by atoms with Crippen molar-refractivity contribution in [1.29, 1.82) is 0 Å². The highest BCUT2D eigenvalue weighted by Gasteiger charge is 2.17. The third-order valence-electron chi connectivity index (χ3n) is 5.84. The number of carboxylic acids is 1. The van der Waals surface area contributed by atoms with Gasteiger partial charge in [-0.05, 0) is 59.9 Å². The summed E-state index contributed by atoms with van der Waals surface area (Å²) in [6.45, 7) is 2.58. The molecule has 0 spiro atoms. The minimum absolute atomic E-state index is 0.0799. The highest BCUT2D eigenvalue weighted by atomic mass is 19.1. The second-order valence-corrected chi connectivity index (χ2v) is 8.49. The average molecular weight is 504 g/mol. The van der Waals surface area contributed by atoms with Gasteiger partial charge in [-0.1, -0.05) is 41.6 Å². The summed E-state index contributed by atoms with van der Waals surface area (Å²) >= 11 is 0. The largest absolute Gasteiger partial charge is 0.481 e. The van der Waals surface area contributed by atoms with Crippen LogP contribution in [0.5, 0.6) is 0 Å². The number of aliphatic carboxylic acids is 1. The van der Waals surface area contributed by atoms with Crippen LogP contribution in [0.1, 0.15) is 34.3 Å². The number of hydrogen-bond donors (Lipinski definition) is 2. The molecule has 0 aliphatic carbocycles. The summed E-state index contributed by atoms with van der Waals surface area (Å²) in [5.41, 5.74) is 5.14. The highest BCUT2D eigenvalue weighted by molar-refractivity contribution is 5.95. The van der Waals surface area contributed by atoms with Crippen LogP contribution in [0.2, 0.25) is 0 Å². The van der Waals surface area contributed by atoms with Crippen molar-refractivity contribution in [3.05, 3.63) is 83.2 Å². The molecule has 1 heterocycles. The Bertz CT molecular complexity index is 1430. The number of aryl methyl sites for hydroxylation is 1. The lowest BCUT2D eigenvalue weighted by Gasteiger charge is -2.12. The van der Waals surface area contributed by atoms with Gasteiger partial charge in [-0.3, -0.25) is 9.59 Å². The summed E-state index contributed by atoms with van der Waals surface area (Å²) in [5.74, 6) is -1.88. The zero-order valence-electron chi connectivity index (χ0n) is 20.5. The maximum Gasteiger partial charge on any atom is 0.303 e. The topological polar surface area (TPSA) is 115 Å². The number of nitrogens with zero attached hydrogens (tertiary/aromatic N) is 2. The third-order valence-corrected chi connectivity index (χ3v) is 5.84. The number of carboxylic acid groups (broad SMARTS) is 1. The Morgan fingerprint density at radius 3 is 2.57 bits per heavy atom. The molecule has 1 amide bonds. The van der Waals surface area contributed by atoms with Gasteiger partial charge in [0.1, 0.15) is 5.82 Å². The van der Waals surface area contributed by atoms with Crippen LogP contribution in [0.4, 0.5) is 4.39 Å². The average Bonchev–Trinajstić information content (AvgIpc) is 3.37. The zero-order valence-corrected chi connectivity index (χ0v) is 20.5. The van der Waals surface area contributed by atoms with Crippen molar-refractivity contribution in [2.24, 2.45) is 0 Å². The summed E-state index contributed by atoms with van der Waals surface area (Å²) in [6, 6.07) is 17.9. The van der Waals surface area contributed by atoms with Crippen molar-refractivity contribution < 1.29 is 28.3 Å². The Morgan fingerprint density at radius 2 is 1.84 bits per heavy atom. The van der Waals surface area contributed by atoms with E-state index < -0.39 is 17.7 Å². The normalized spacial score (nSPS) is 10.9. The molecule has 37 heavy (non-hydrogen) atoms. The van der Waals surface area contributed by atoms with Crippen molar-refractivity contribution in [3.63, 3.8) is 0 Å². The molecule has 4 rings (SSSR count). The van der Waals surface area contributed by atoms with Crippen LogP contribution in [0, 0.1) is 12.7 Å². The molecule has 0 fully saturated rings. The lowest BCUT2D eigenvalue weighted by atomic mass is 9.94. The van der Waals surface area contributed by atoms with E-state index in [1.54, 1.807) is 7.11 Å². The number of nitrogens with one attached hydrogen (secondary N) is 1. The Balaban J connectivity index is 1.54. The summed E-state index contributed by atoms with van der Waals surface area (Å²) in [6.07, 6.45) is 0.174. The van der Waals surface area contributed by atoms with Crippen molar-refractivity contribution in [1.82, 2.24) is 15.5 Å². The first kappa shape index (κ1) is 25.7. The molecule has 1 aromatic heterocycles. The lowest BCUT2D eigenvalue weighted by molar-refractivity contribution is -0.137.